The van der Waals surface area contributed by atoms with Gasteiger partial charge in [0.25, 0.3) is 5.91 Å². The highest BCUT2D eigenvalue weighted by atomic mass is 35.5. The zero-order valence-electron chi connectivity index (χ0n) is 14.1. The van der Waals surface area contributed by atoms with E-state index >= 15 is 0 Å². The smallest absolute Gasteiger partial charge is 0.251 e. The molecule has 23 heavy (non-hydrogen) atoms. The van der Waals surface area contributed by atoms with Gasteiger partial charge in [-0.3, -0.25) is 4.79 Å². The molecular weight excluding hydrogens is 308 g/mol. The van der Waals surface area contributed by atoms with Gasteiger partial charge in [-0.05, 0) is 75.2 Å². The molecule has 0 bridgehead atoms. The molecule has 0 atom stereocenters. The summed E-state index contributed by atoms with van der Waals surface area (Å²) in [6, 6.07) is 6.39. The maximum Gasteiger partial charge on any atom is 0.251 e. The highest BCUT2D eigenvalue weighted by Gasteiger charge is 2.19. The van der Waals surface area contributed by atoms with Gasteiger partial charge in [-0.2, -0.15) is 0 Å². The summed E-state index contributed by atoms with van der Waals surface area (Å²) in [5.74, 6) is 1.39. The van der Waals surface area contributed by atoms with E-state index < -0.39 is 0 Å². The van der Waals surface area contributed by atoms with Crippen molar-refractivity contribution in [2.75, 3.05) is 19.6 Å². The van der Waals surface area contributed by atoms with Crippen LogP contribution in [0.5, 0.6) is 0 Å². The number of carbonyl (C=O) groups is 1. The normalized spacial score (nSPS) is 19.3. The topological polar surface area (TPSA) is 41.1 Å². The fourth-order valence-electron chi connectivity index (χ4n) is 3.89. The lowest BCUT2D eigenvalue weighted by Crippen LogP contribution is -2.29. The number of amides is 1. The molecule has 0 radical (unpaired) electrons. The molecule has 0 aromatic heterocycles. The predicted molar refractivity (Wildman–Crippen MR) is 97.6 cm³/mol. The Kier molecular flexibility index (Phi) is 6.91. The first-order chi connectivity index (χ1) is 10.7. The van der Waals surface area contributed by atoms with E-state index in [1.54, 1.807) is 0 Å². The van der Waals surface area contributed by atoms with E-state index in [9.17, 15) is 4.79 Å². The molecule has 1 aliphatic heterocycles. The molecule has 1 aliphatic carbocycles. The van der Waals surface area contributed by atoms with Gasteiger partial charge in [-0.15, -0.1) is 12.4 Å². The van der Waals surface area contributed by atoms with Crippen LogP contribution in [0.1, 0.15) is 65.9 Å². The van der Waals surface area contributed by atoms with E-state index in [4.69, 9.17) is 0 Å². The maximum atomic E-state index is 12.5. The summed E-state index contributed by atoms with van der Waals surface area (Å²) in [5.41, 5.74) is 3.38. The highest BCUT2D eigenvalue weighted by Crippen LogP contribution is 2.27. The lowest BCUT2D eigenvalue weighted by molar-refractivity contribution is 0.0947. The van der Waals surface area contributed by atoms with Crippen LogP contribution in [-0.2, 0) is 0 Å². The molecule has 128 valence electrons. The molecule has 2 fully saturated rings. The van der Waals surface area contributed by atoms with E-state index in [1.165, 1.54) is 49.7 Å². The van der Waals surface area contributed by atoms with Crippen LogP contribution in [-0.4, -0.2) is 25.5 Å². The number of hydrogen-bond acceptors (Lipinski definition) is 2. The van der Waals surface area contributed by atoms with Crippen LogP contribution in [0.2, 0.25) is 0 Å². The Hall–Kier alpha value is -1.06. The third-order valence-corrected chi connectivity index (χ3v) is 5.20. The lowest BCUT2D eigenvalue weighted by atomic mass is 9.88. The van der Waals surface area contributed by atoms with Crippen molar-refractivity contribution in [1.82, 2.24) is 10.6 Å². The van der Waals surface area contributed by atoms with Gasteiger partial charge >= 0.3 is 0 Å². The van der Waals surface area contributed by atoms with Crippen LogP contribution in [0, 0.1) is 12.8 Å². The number of halogens is 1. The number of aryl methyl sites for hydroxylation is 1. The first kappa shape index (κ1) is 18.3. The summed E-state index contributed by atoms with van der Waals surface area (Å²) in [4.78, 5) is 12.5. The van der Waals surface area contributed by atoms with Crippen molar-refractivity contribution in [2.45, 2.75) is 51.4 Å². The van der Waals surface area contributed by atoms with Crippen LogP contribution >= 0.6 is 12.4 Å². The summed E-state index contributed by atoms with van der Waals surface area (Å²) in [6.45, 7) is 5.11. The Balaban J connectivity index is 0.00000192. The molecule has 1 aromatic carbocycles. The van der Waals surface area contributed by atoms with Crippen molar-refractivity contribution in [3.63, 3.8) is 0 Å². The average Bonchev–Trinajstić information content (AvgIpc) is 3.06. The van der Waals surface area contributed by atoms with Crippen LogP contribution < -0.4 is 10.6 Å². The van der Waals surface area contributed by atoms with E-state index in [-0.39, 0.29) is 18.3 Å². The Morgan fingerprint density at radius 2 is 1.83 bits per heavy atom. The minimum atomic E-state index is 0. The van der Waals surface area contributed by atoms with Gasteiger partial charge in [0.15, 0.2) is 0 Å². The third-order valence-electron chi connectivity index (χ3n) is 5.20. The second-order valence-corrected chi connectivity index (χ2v) is 7.02. The Labute approximate surface area is 146 Å². The van der Waals surface area contributed by atoms with Gasteiger partial charge in [-0.1, -0.05) is 24.5 Å². The predicted octanol–water partition coefficient (Wildman–Crippen LogP) is 3.80. The summed E-state index contributed by atoms with van der Waals surface area (Å²) in [7, 11) is 0. The first-order valence-electron chi connectivity index (χ1n) is 8.83. The fourth-order valence-corrected chi connectivity index (χ4v) is 3.89. The fraction of sp³-hybridized carbons (Fsp3) is 0.632. The third kappa shape index (κ3) is 4.95. The molecule has 0 spiro atoms. The monoisotopic (exact) mass is 336 g/mol. The second kappa shape index (κ2) is 8.70. The zero-order valence-corrected chi connectivity index (χ0v) is 14.9. The largest absolute Gasteiger partial charge is 0.352 e. The summed E-state index contributed by atoms with van der Waals surface area (Å²) in [6.07, 6.45) is 7.54. The Morgan fingerprint density at radius 1 is 1.13 bits per heavy atom. The molecule has 2 N–H and O–H groups in total. The molecule has 2 aliphatic rings. The maximum absolute atomic E-state index is 12.5. The van der Waals surface area contributed by atoms with Crippen LogP contribution in [0.3, 0.4) is 0 Å². The van der Waals surface area contributed by atoms with Crippen molar-refractivity contribution in [3.05, 3.63) is 34.9 Å². The van der Waals surface area contributed by atoms with Gasteiger partial charge in [0, 0.05) is 12.1 Å². The van der Waals surface area contributed by atoms with E-state index in [0.29, 0.717) is 11.8 Å². The van der Waals surface area contributed by atoms with E-state index in [0.717, 1.165) is 25.2 Å². The number of rotatable bonds is 4. The molecule has 1 saturated heterocycles. The SMILES string of the molecule is Cc1cc(C(=O)NCC2CCCC2)cc(C2CCNCC2)c1.Cl. The number of carbonyl (C=O) groups excluding carboxylic acids is 1. The second-order valence-electron chi connectivity index (χ2n) is 7.02. The van der Waals surface area contributed by atoms with Crippen molar-refractivity contribution in [3.8, 4) is 0 Å². The first-order valence-corrected chi connectivity index (χ1v) is 8.83. The van der Waals surface area contributed by atoms with E-state index in [1.807, 2.05) is 6.07 Å². The Bertz CT molecular complexity index is 520. The number of benzene rings is 1. The molecule has 3 nitrogen and oxygen atoms in total. The minimum absolute atomic E-state index is 0. The van der Waals surface area contributed by atoms with Crippen LogP contribution in [0.25, 0.3) is 0 Å². The van der Waals surface area contributed by atoms with Gasteiger partial charge < -0.3 is 10.6 Å². The molecular formula is C19H29ClN2O. The highest BCUT2D eigenvalue weighted by molar-refractivity contribution is 5.94. The molecule has 1 saturated carbocycles. The van der Waals surface area contributed by atoms with Crippen LogP contribution in [0.15, 0.2) is 18.2 Å². The minimum Gasteiger partial charge on any atom is -0.352 e. The zero-order chi connectivity index (χ0) is 15.4. The lowest BCUT2D eigenvalue weighted by Gasteiger charge is -2.24. The number of hydrogen-bond donors (Lipinski definition) is 2. The Morgan fingerprint density at radius 3 is 2.52 bits per heavy atom. The average molecular weight is 337 g/mol. The number of nitrogens with one attached hydrogen (secondary N) is 2. The molecule has 1 heterocycles. The molecule has 4 heteroatoms. The molecule has 0 unspecified atom stereocenters. The van der Waals surface area contributed by atoms with Gasteiger partial charge in [0.1, 0.15) is 0 Å². The van der Waals surface area contributed by atoms with Crippen molar-refractivity contribution >= 4 is 18.3 Å². The molecule has 1 aromatic rings. The van der Waals surface area contributed by atoms with Crippen molar-refractivity contribution < 1.29 is 4.79 Å². The summed E-state index contributed by atoms with van der Waals surface area (Å²) >= 11 is 0. The van der Waals surface area contributed by atoms with Gasteiger partial charge in [-0.25, -0.2) is 0 Å². The van der Waals surface area contributed by atoms with Crippen molar-refractivity contribution in [1.29, 1.82) is 0 Å². The summed E-state index contributed by atoms with van der Waals surface area (Å²) < 4.78 is 0. The van der Waals surface area contributed by atoms with Gasteiger partial charge in [0.2, 0.25) is 0 Å². The molecule has 1 amide bonds. The standard InChI is InChI=1S/C19H28N2O.ClH/c1-14-10-17(16-6-8-20-9-7-16)12-18(11-14)19(22)21-13-15-4-2-3-5-15;/h10-12,15-16,20H,2-9,13H2,1H3,(H,21,22);1H. The summed E-state index contributed by atoms with van der Waals surface area (Å²) in [5, 5.41) is 6.56. The van der Waals surface area contributed by atoms with Crippen LogP contribution in [0.4, 0.5) is 0 Å². The van der Waals surface area contributed by atoms with Gasteiger partial charge in [0.05, 0.1) is 0 Å². The van der Waals surface area contributed by atoms with E-state index in [2.05, 4.69) is 29.7 Å². The number of piperidine rings is 1. The van der Waals surface area contributed by atoms with Crippen molar-refractivity contribution in [2.24, 2.45) is 5.92 Å². The molecule has 3 rings (SSSR count). The quantitative estimate of drug-likeness (QED) is 0.878.